The van der Waals surface area contributed by atoms with Crippen molar-refractivity contribution < 1.29 is 18.7 Å². The van der Waals surface area contributed by atoms with Gasteiger partial charge in [0.2, 0.25) is 0 Å². The first kappa shape index (κ1) is 7.22. The van der Waals surface area contributed by atoms with E-state index in [1.54, 1.807) is 0 Å². The highest BCUT2D eigenvalue weighted by molar-refractivity contribution is 7.52. The molecule has 4 nitrogen and oxygen atoms in total. The monoisotopic (exact) mass is 152 g/mol. The summed E-state index contributed by atoms with van der Waals surface area (Å²) in [5.74, 6) is 0. The van der Waals surface area contributed by atoms with E-state index in [9.17, 15) is 4.57 Å². The lowest BCUT2D eigenvalue weighted by Crippen LogP contribution is -1.96. The summed E-state index contributed by atoms with van der Waals surface area (Å²) >= 11 is 0. The van der Waals surface area contributed by atoms with Gasteiger partial charge in [-0.15, -0.1) is 0 Å². The van der Waals surface area contributed by atoms with Gasteiger partial charge in [0.25, 0.3) is 0 Å². The van der Waals surface area contributed by atoms with Crippen molar-refractivity contribution in [1.82, 2.24) is 0 Å². The van der Waals surface area contributed by atoms with E-state index in [4.69, 9.17) is 9.63 Å². The van der Waals surface area contributed by atoms with Gasteiger partial charge in [-0.3, -0.25) is 4.57 Å². The third-order valence-corrected chi connectivity index (χ3v) is 2.37. The van der Waals surface area contributed by atoms with Crippen molar-refractivity contribution in [2.75, 3.05) is 26.0 Å². The number of hydrogen-bond acceptors (Lipinski definition) is 3. The maximum atomic E-state index is 10.7. The Bertz CT molecular complexity index is 123. The molecule has 1 aliphatic heterocycles. The van der Waals surface area contributed by atoms with E-state index in [1.807, 2.05) is 0 Å². The lowest BCUT2D eigenvalue weighted by molar-refractivity contribution is 0.127. The van der Waals surface area contributed by atoms with Crippen LogP contribution in [0.3, 0.4) is 0 Å². The van der Waals surface area contributed by atoms with E-state index < -0.39 is 7.60 Å². The van der Waals surface area contributed by atoms with Crippen LogP contribution in [0.1, 0.15) is 0 Å². The van der Waals surface area contributed by atoms with Crippen LogP contribution >= 0.6 is 7.60 Å². The second-order valence-corrected chi connectivity index (χ2v) is 3.79. The number of hydrogen-bond donors (Lipinski definition) is 1. The van der Waals surface area contributed by atoms with Crippen molar-refractivity contribution in [2.45, 2.75) is 0 Å². The Morgan fingerprint density at radius 3 is 2.89 bits per heavy atom. The molecule has 5 heteroatoms. The molecule has 0 bridgehead atoms. The van der Waals surface area contributed by atoms with Crippen LogP contribution in [-0.2, 0) is 13.8 Å². The Morgan fingerprint density at radius 2 is 2.11 bits per heavy atom. The molecule has 1 atom stereocenters. The number of ether oxygens (including phenoxy) is 1. The summed E-state index contributed by atoms with van der Waals surface area (Å²) in [6.07, 6.45) is 0.118. The molecular weight excluding hydrogens is 143 g/mol. The predicted molar refractivity (Wildman–Crippen MR) is 31.5 cm³/mol. The molecule has 9 heavy (non-hydrogen) atoms. The third-order valence-electron chi connectivity index (χ3n) is 1.04. The molecule has 0 aromatic rings. The molecule has 0 spiro atoms. The highest BCUT2D eigenvalue weighted by Crippen LogP contribution is 2.41. The Morgan fingerprint density at radius 1 is 1.33 bits per heavy atom. The molecule has 1 heterocycles. The molecule has 0 saturated carbocycles. The fourth-order valence-corrected chi connectivity index (χ4v) is 1.43. The van der Waals surface area contributed by atoms with Crippen LogP contribution < -0.4 is 0 Å². The third kappa shape index (κ3) is 2.45. The summed E-state index contributed by atoms with van der Waals surface area (Å²) in [6.45, 7) is 0.978. The van der Waals surface area contributed by atoms with Crippen molar-refractivity contribution in [3.05, 3.63) is 0 Å². The van der Waals surface area contributed by atoms with Gasteiger partial charge in [0.15, 0.2) is 0 Å². The standard InChI is InChI=1S/C4H9O4P/c5-9(6)4-3-7-1-2-8-9/h1-4H2,(H,5,6). The highest BCUT2D eigenvalue weighted by Gasteiger charge is 2.20. The van der Waals surface area contributed by atoms with Gasteiger partial charge >= 0.3 is 7.60 Å². The van der Waals surface area contributed by atoms with Gasteiger partial charge in [0, 0.05) is 0 Å². The van der Waals surface area contributed by atoms with Crippen LogP contribution in [0.2, 0.25) is 0 Å². The first-order valence-electron chi connectivity index (χ1n) is 2.75. The van der Waals surface area contributed by atoms with E-state index in [0.29, 0.717) is 13.2 Å². The first-order valence-corrected chi connectivity index (χ1v) is 4.51. The maximum Gasteiger partial charge on any atom is 0.330 e. The van der Waals surface area contributed by atoms with Crippen molar-refractivity contribution in [1.29, 1.82) is 0 Å². The fraction of sp³-hybridized carbons (Fsp3) is 1.00. The van der Waals surface area contributed by atoms with Crippen LogP contribution in [0, 0.1) is 0 Å². The van der Waals surface area contributed by atoms with Crippen LogP contribution in [0.15, 0.2) is 0 Å². The van der Waals surface area contributed by atoms with E-state index in [0.717, 1.165) is 0 Å². The minimum Gasteiger partial charge on any atom is -0.378 e. The van der Waals surface area contributed by atoms with E-state index >= 15 is 0 Å². The molecule has 54 valence electrons. The minimum atomic E-state index is -3.26. The first-order chi connectivity index (χ1) is 4.21. The Hall–Kier alpha value is 0.110. The van der Waals surface area contributed by atoms with Gasteiger partial charge in [-0.05, 0) is 0 Å². The largest absolute Gasteiger partial charge is 0.378 e. The van der Waals surface area contributed by atoms with Gasteiger partial charge in [0.1, 0.15) is 0 Å². The Kier molecular flexibility index (Phi) is 2.24. The summed E-state index contributed by atoms with van der Waals surface area (Å²) in [5, 5.41) is 0. The molecule has 0 amide bonds. The summed E-state index contributed by atoms with van der Waals surface area (Å²) < 4.78 is 20.2. The molecule has 1 N–H and O–H groups in total. The SMILES string of the molecule is O=P1(O)CCOCCO1. The minimum absolute atomic E-state index is 0.118. The molecule has 1 aliphatic rings. The maximum absolute atomic E-state index is 10.7. The Labute approximate surface area is 53.3 Å². The topological polar surface area (TPSA) is 55.8 Å². The zero-order valence-corrected chi connectivity index (χ0v) is 5.84. The molecule has 0 aromatic heterocycles. The van der Waals surface area contributed by atoms with E-state index in [-0.39, 0.29) is 12.8 Å². The van der Waals surface area contributed by atoms with Gasteiger partial charge in [-0.2, -0.15) is 0 Å². The lowest BCUT2D eigenvalue weighted by Gasteiger charge is -2.04. The molecule has 1 rings (SSSR count). The van der Waals surface area contributed by atoms with Crippen LogP contribution in [-0.4, -0.2) is 30.9 Å². The molecule has 0 radical (unpaired) electrons. The zero-order valence-electron chi connectivity index (χ0n) is 4.95. The van der Waals surface area contributed by atoms with Gasteiger partial charge in [-0.1, -0.05) is 0 Å². The second-order valence-electron chi connectivity index (χ2n) is 1.81. The highest BCUT2D eigenvalue weighted by atomic mass is 31.2. The lowest BCUT2D eigenvalue weighted by atomic mass is 10.7. The molecule has 1 unspecified atom stereocenters. The average Bonchev–Trinajstić information content (AvgIpc) is 1.92. The molecule has 0 aliphatic carbocycles. The van der Waals surface area contributed by atoms with Crippen LogP contribution in [0.5, 0.6) is 0 Å². The van der Waals surface area contributed by atoms with Crippen molar-refractivity contribution in [3.63, 3.8) is 0 Å². The zero-order chi connectivity index (χ0) is 6.74. The molecular formula is C4H9O4P. The number of rotatable bonds is 0. The summed E-state index contributed by atoms with van der Waals surface area (Å²) in [7, 11) is -3.26. The van der Waals surface area contributed by atoms with Gasteiger partial charge in [-0.25, -0.2) is 0 Å². The predicted octanol–water partition coefficient (Wildman–Crippen LogP) is 0.219. The average molecular weight is 152 g/mol. The molecule has 0 aromatic carbocycles. The summed E-state index contributed by atoms with van der Waals surface area (Å²) in [5.41, 5.74) is 0. The normalized spacial score (nSPS) is 37.9. The summed E-state index contributed by atoms with van der Waals surface area (Å²) in [4.78, 5) is 8.81. The molecule has 1 fully saturated rings. The second kappa shape index (κ2) is 2.80. The smallest absolute Gasteiger partial charge is 0.330 e. The van der Waals surface area contributed by atoms with Crippen molar-refractivity contribution in [3.8, 4) is 0 Å². The van der Waals surface area contributed by atoms with Gasteiger partial charge < -0.3 is 14.2 Å². The van der Waals surface area contributed by atoms with Crippen LogP contribution in [0.25, 0.3) is 0 Å². The van der Waals surface area contributed by atoms with Crippen molar-refractivity contribution >= 4 is 7.60 Å². The van der Waals surface area contributed by atoms with Crippen molar-refractivity contribution in [2.24, 2.45) is 0 Å². The quantitative estimate of drug-likeness (QED) is 0.504. The van der Waals surface area contributed by atoms with E-state index in [1.165, 1.54) is 0 Å². The van der Waals surface area contributed by atoms with Crippen LogP contribution in [0.4, 0.5) is 0 Å². The Balaban J connectivity index is 2.45. The summed E-state index contributed by atoms with van der Waals surface area (Å²) in [6, 6.07) is 0. The van der Waals surface area contributed by atoms with Gasteiger partial charge in [0.05, 0.1) is 26.0 Å². The fourth-order valence-electron chi connectivity index (χ4n) is 0.585. The van der Waals surface area contributed by atoms with E-state index in [2.05, 4.69) is 4.52 Å². The molecule has 1 saturated heterocycles.